The van der Waals surface area contributed by atoms with Gasteiger partial charge in [0, 0.05) is 13.8 Å². The summed E-state index contributed by atoms with van der Waals surface area (Å²) in [4.78, 5) is 0. The highest BCUT2D eigenvalue weighted by Crippen LogP contribution is 2.36. The number of hydrogen-bond donors (Lipinski definition) is 0. The molecular weight excluding hydrogens is 138 g/mol. The van der Waals surface area contributed by atoms with Crippen LogP contribution in [0.3, 0.4) is 0 Å². The first-order valence-corrected chi connectivity index (χ1v) is 4.20. The van der Waals surface area contributed by atoms with Crippen LogP contribution < -0.4 is 0 Å². The summed E-state index contributed by atoms with van der Waals surface area (Å²) in [5, 5.41) is 0. The van der Waals surface area contributed by atoms with Crippen molar-refractivity contribution in [1.29, 1.82) is 0 Å². The number of likely N-dealkylation sites (N-methyl/N-ethyl adjacent to an activating group) is 1. The molecule has 0 aromatic carbocycles. The first-order valence-electron chi connectivity index (χ1n) is 4.20. The third-order valence-electron chi connectivity index (χ3n) is 2.76. The highest BCUT2D eigenvalue weighted by Gasteiger charge is 2.52. The molecule has 11 heavy (non-hydrogen) atoms. The van der Waals surface area contributed by atoms with Crippen molar-refractivity contribution in [1.82, 2.24) is 0 Å². The maximum atomic E-state index is 5.92. The van der Waals surface area contributed by atoms with Crippen molar-refractivity contribution in [3.63, 3.8) is 0 Å². The Morgan fingerprint density at radius 1 is 1.09 bits per heavy atom. The fourth-order valence-electron chi connectivity index (χ4n) is 1.97. The normalized spacial score (nSPS) is 32.2. The van der Waals surface area contributed by atoms with Gasteiger partial charge in [-0.15, -0.1) is 0 Å². The third kappa shape index (κ3) is 1.42. The summed E-state index contributed by atoms with van der Waals surface area (Å²) >= 11 is 0. The molecule has 0 N–H and O–H groups in total. The molecular formula is C9H20NO+. The van der Waals surface area contributed by atoms with Gasteiger partial charge in [-0.2, -0.15) is 0 Å². The lowest BCUT2D eigenvalue weighted by Crippen LogP contribution is -2.51. The molecule has 1 aliphatic rings. The van der Waals surface area contributed by atoms with E-state index in [2.05, 4.69) is 41.8 Å². The van der Waals surface area contributed by atoms with E-state index in [4.69, 9.17) is 4.74 Å². The van der Waals surface area contributed by atoms with E-state index in [0.29, 0.717) is 0 Å². The van der Waals surface area contributed by atoms with Gasteiger partial charge in [-0.05, 0) is 13.8 Å². The average Bonchev–Trinajstić information content (AvgIpc) is 1.66. The van der Waals surface area contributed by atoms with Crippen molar-refractivity contribution < 1.29 is 9.22 Å². The predicted octanol–water partition coefficient (Wildman–Crippen LogP) is 1.61. The van der Waals surface area contributed by atoms with E-state index >= 15 is 0 Å². The topological polar surface area (TPSA) is 9.23 Å². The summed E-state index contributed by atoms with van der Waals surface area (Å²) in [5.74, 6) is 0. The molecule has 1 aliphatic heterocycles. The smallest absolute Gasteiger partial charge is 0.198 e. The molecule has 0 atom stereocenters. The SMILES string of the molecule is CC1(C)C[N+](C)(C)C(C)(C)O1. The Balaban J connectivity index is 2.89. The molecule has 1 rings (SSSR count). The van der Waals surface area contributed by atoms with Crippen molar-refractivity contribution in [2.24, 2.45) is 0 Å². The van der Waals surface area contributed by atoms with Gasteiger partial charge < -0.3 is 4.74 Å². The highest BCUT2D eigenvalue weighted by atomic mass is 16.6. The van der Waals surface area contributed by atoms with Gasteiger partial charge in [0.05, 0.1) is 14.1 Å². The molecule has 0 spiro atoms. The van der Waals surface area contributed by atoms with Crippen molar-refractivity contribution in [3.8, 4) is 0 Å². The Bertz CT molecular complexity index is 152. The lowest BCUT2D eigenvalue weighted by molar-refractivity contribution is -0.939. The molecule has 2 nitrogen and oxygen atoms in total. The molecule has 1 heterocycles. The molecule has 0 aliphatic carbocycles. The average molecular weight is 158 g/mol. The molecule has 66 valence electrons. The van der Waals surface area contributed by atoms with Gasteiger partial charge in [-0.3, -0.25) is 4.48 Å². The molecule has 0 saturated carbocycles. The Morgan fingerprint density at radius 3 is 1.64 bits per heavy atom. The quantitative estimate of drug-likeness (QED) is 0.487. The summed E-state index contributed by atoms with van der Waals surface area (Å²) in [6, 6.07) is 0. The predicted molar refractivity (Wildman–Crippen MR) is 46.2 cm³/mol. The monoisotopic (exact) mass is 158 g/mol. The van der Waals surface area contributed by atoms with Gasteiger partial charge in [-0.1, -0.05) is 0 Å². The molecule has 0 aromatic heterocycles. The first-order chi connectivity index (χ1) is 4.66. The largest absolute Gasteiger partial charge is 0.315 e. The minimum absolute atomic E-state index is 0.0347. The highest BCUT2D eigenvalue weighted by molar-refractivity contribution is 4.79. The van der Waals surface area contributed by atoms with Gasteiger partial charge in [0.15, 0.2) is 5.72 Å². The minimum atomic E-state index is -0.0382. The molecule has 0 radical (unpaired) electrons. The van der Waals surface area contributed by atoms with Gasteiger partial charge in [0.25, 0.3) is 0 Å². The van der Waals surface area contributed by atoms with E-state index in [-0.39, 0.29) is 11.3 Å². The van der Waals surface area contributed by atoms with Gasteiger partial charge >= 0.3 is 0 Å². The maximum absolute atomic E-state index is 5.92. The van der Waals surface area contributed by atoms with Crippen molar-refractivity contribution >= 4 is 0 Å². The molecule has 0 bridgehead atoms. The lowest BCUT2D eigenvalue weighted by Gasteiger charge is -2.35. The summed E-state index contributed by atoms with van der Waals surface area (Å²) in [7, 11) is 4.43. The number of rotatable bonds is 0. The van der Waals surface area contributed by atoms with Gasteiger partial charge in [-0.25, -0.2) is 0 Å². The van der Waals surface area contributed by atoms with Crippen LogP contribution in [0.1, 0.15) is 27.7 Å². The van der Waals surface area contributed by atoms with E-state index in [1.807, 2.05) is 0 Å². The van der Waals surface area contributed by atoms with Crippen LogP contribution in [0.5, 0.6) is 0 Å². The van der Waals surface area contributed by atoms with Crippen LogP contribution in [-0.2, 0) is 4.74 Å². The Labute approximate surface area is 69.7 Å². The van der Waals surface area contributed by atoms with Crippen LogP contribution in [0.15, 0.2) is 0 Å². The van der Waals surface area contributed by atoms with Gasteiger partial charge in [0.2, 0.25) is 0 Å². The van der Waals surface area contributed by atoms with E-state index in [1.54, 1.807) is 0 Å². The lowest BCUT2D eigenvalue weighted by atomic mass is 10.1. The van der Waals surface area contributed by atoms with Gasteiger partial charge in [0.1, 0.15) is 12.1 Å². The number of nitrogens with zero attached hydrogens (tertiary/aromatic N) is 1. The number of quaternary nitrogens is 1. The summed E-state index contributed by atoms with van der Waals surface area (Å²) in [6.07, 6.45) is 0. The Hall–Kier alpha value is -0.0800. The van der Waals surface area contributed by atoms with Crippen LogP contribution in [0, 0.1) is 0 Å². The second-order valence-corrected chi connectivity index (χ2v) is 5.15. The van der Waals surface area contributed by atoms with Crippen LogP contribution in [0.4, 0.5) is 0 Å². The Kier molecular flexibility index (Phi) is 1.63. The standard InChI is InChI=1S/C9H20NO/c1-8(2)7-10(5,6)9(3,4)11-8/h7H2,1-6H3/q+1. The third-order valence-corrected chi connectivity index (χ3v) is 2.76. The number of ether oxygens (including phenoxy) is 1. The van der Waals surface area contributed by atoms with Crippen LogP contribution in [0.25, 0.3) is 0 Å². The zero-order chi connectivity index (χ0) is 8.91. The fraction of sp³-hybridized carbons (Fsp3) is 1.00. The summed E-state index contributed by atoms with van der Waals surface area (Å²) in [5.41, 5.74) is -0.00347. The molecule has 0 aromatic rings. The van der Waals surface area contributed by atoms with Crippen molar-refractivity contribution in [2.45, 2.75) is 39.0 Å². The molecule has 2 heteroatoms. The minimum Gasteiger partial charge on any atom is -0.315 e. The van der Waals surface area contributed by atoms with E-state index in [9.17, 15) is 0 Å². The fourth-order valence-corrected chi connectivity index (χ4v) is 1.97. The zero-order valence-corrected chi connectivity index (χ0v) is 8.56. The molecule has 0 amide bonds. The summed E-state index contributed by atoms with van der Waals surface area (Å²) < 4.78 is 6.87. The molecule has 1 saturated heterocycles. The van der Waals surface area contributed by atoms with E-state index in [0.717, 1.165) is 11.0 Å². The van der Waals surface area contributed by atoms with Crippen molar-refractivity contribution in [2.75, 3.05) is 20.6 Å². The van der Waals surface area contributed by atoms with Crippen LogP contribution >= 0.6 is 0 Å². The Morgan fingerprint density at radius 2 is 1.55 bits per heavy atom. The molecule has 0 unspecified atom stereocenters. The van der Waals surface area contributed by atoms with E-state index in [1.165, 1.54) is 0 Å². The molecule has 1 fully saturated rings. The second kappa shape index (κ2) is 1.99. The zero-order valence-electron chi connectivity index (χ0n) is 8.56. The van der Waals surface area contributed by atoms with E-state index < -0.39 is 0 Å². The first kappa shape index (κ1) is 9.01. The maximum Gasteiger partial charge on any atom is 0.198 e. The van der Waals surface area contributed by atoms with Crippen LogP contribution in [0.2, 0.25) is 0 Å². The van der Waals surface area contributed by atoms with Crippen molar-refractivity contribution in [3.05, 3.63) is 0 Å². The number of hydrogen-bond acceptors (Lipinski definition) is 1. The second-order valence-electron chi connectivity index (χ2n) is 5.15. The summed E-state index contributed by atoms with van der Waals surface area (Å²) in [6.45, 7) is 9.70. The van der Waals surface area contributed by atoms with Crippen LogP contribution in [-0.4, -0.2) is 36.4 Å².